The van der Waals surface area contributed by atoms with E-state index in [0.29, 0.717) is 42.6 Å². The lowest BCUT2D eigenvalue weighted by Crippen LogP contribution is -2.61. The summed E-state index contributed by atoms with van der Waals surface area (Å²) in [6, 6.07) is 1.65. The van der Waals surface area contributed by atoms with Crippen LogP contribution in [0.25, 0.3) is 0 Å². The second-order valence-electron chi connectivity index (χ2n) is 12.5. The molecule has 228 valence electrons. The van der Waals surface area contributed by atoms with E-state index in [2.05, 4.69) is 15.1 Å². The van der Waals surface area contributed by atoms with Crippen molar-refractivity contribution in [1.82, 2.24) is 20.2 Å². The SMILES string of the molecule is Cc1cc(N)c(F)c([C@H]2OCc3c(nc(OC[C@@]45CCCN4C[C@H](F)C5)nc3N3C[C@@H]4NCC[C@@H]43)[C@@H]2C)c1C(F)(F)F. The van der Waals surface area contributed by atoms with E-state index in [1.807, 2.05) is 0 Å². The lowest BCUT2D eigenvalue weighted by molar-refractivity contribution is -0.140. The molecule has 0 aliphatic carbocycles. The number of aromatic nitrogens is 2. The molecule has 13 heteroatoms. The predicted molar refractivity (Wildman–Crippen MR) is 145 cm³/mol. The summed E-state index contributed by atoms with van der Waals surface area (Å²) in [5.74, 6) is -1.28. The summed E-state index contributed by atoms with van der Waals surface area (Å²) >= 11 is 0. The Balaban J connectivity index is 1.28. The Labute approximate surface area is 240 Å². The van der Waals surface area contributed by atoms with Crippen LogP contribution in [-0.4, -0.2) is 71.4 Å². The number of alkyl halides is 4. The second kappa shape index (κ2) is 9.88. The van der Waals surface area contributed by atoms with Crippen molar-refractivity contribution in [3.63, 3.8) is 0 Å². The Morgan fingerprint density at radius 1 is 1.26 bits per heavy atom. The van der Waals surface area contributed by atoms with Gasteiger partial charge in [-0.15, -0.1) is 0 Å². The number of ether oxygens (including phenoxy) is 2. The Morgan fingerprint density at radius 2 is 2.07 bits per heavy atom. The predicted octanol–water partition coefficient (Wildman–Crippen LogP) is 4.41. The molecule has 3 N–H and O–H groups in total. The fraction of sp³-hybridized carbons (Fsp3) is 0.655. The molecule has 5 aliphatic rings. The summed E-state index contributed by atoms with van der Waals surface area (Å²) in [7, 11) is 0. The molecule has 2 aromatic rings. The third-order valence-electron chi connectivity index (χ3n) is 9.99. The zero-order valence-electron chi connectivity index (χ0n) is 23.6. The first-order valence-electron chi connectivity index (χ1n) is 14.7. The molecular formula is C29H35F5N6O2. The van der Waals surface area contributed by atoms with Crippen molar-refractivity contribution < 1.29 is 31.4 Å². The minimum absolute atomic E-state index is 0.0902. The van der Waals surface area contributed by atoms with E-state index in [0.717, 1.165) is 38.4 Å². The van der Waals surface area contributed by atoms with Gasteiger partial charge in [0.2, 0.25) is 0 Å². The first-order valence-corrected chi connectivity index (χ1v) is 14.7. The first kappa shape index (κ1) is 28.0. The molecule has 0 radical (unpaired) electrons. The molecule has 0 unspecified atom stereocenters. The van der Waals surface area contributed by atoms with Crippen LogP contribution in [0.5, 0.6) is 6.01 Å². The van der Waals surface area contributed by atoms with Gasteiger partial charge in [-0.3, -0.25) is 4.90 Å². The van der Waals surface area contributed by atoms with E-state index in [9.17, 15) is 17.6 Å². The minimum Gasteiger partial charge on any atom is -0.461 e. The topological polar surface area (TPSA) is 88.8 Å². The van der Waals surface area contributed by atoms with Gasteiger partial charge in [0.05, 0.1) is 35.2 Å². The van der Waals surface area contributed by atoms with Crippen LogP contribution in [0.1, 0.15) is 72.6 Å². The van der Waals surface area contributed by atoms with Crippen molar-refractivity contribution in [2.24, 2.45) is 0 Å². The molecule has 8 nitrogen and oxygen atoms in total. The van der Waals surface area contributed by atoms with E-state index < -0.39 is 46.9 Å². The van der Waals surface area contributed by atoms with Crippen LogP contribution in [0.3, 0.4) is 0 Å². The zero-order valence-corrected chi connectivity index (χ0v) is 23.6. The molecule has 0 spiro atoms. The number of benzene rings is 1. The molecule has 4 fully saturated rings. The number of hydrogen-bond acceptors (Lipinski definition) is 8. The van der Waals surface area contributed by atoms with E-state index in [1.54, 1.807) is 6.92 Å². The number of nitrogens with two attached hydrogens (primary N) is 1. The van der Waals surface area contributed by atoms with E-state index in [-0.39, 0.29) is 36.5 Å². The monoisotopic (exact) mass is 594 g/mol. The molecule has 4 saturated heterocycles. The van der Waals surface area contributed by atoms with Gasteiger partial charge in [0.1, 0.15) is 18.6 Å². The maximum Gasteiger partial charge on any atom is 0.417 e. The molecular weight excluding hydrogens is 559 g/mol. The second-order valence-corrected chi connectivity index (χ2v) is 12.5. The van der Waals surface area contributed by atoms with Gasteiger partial charge in [0, 0.05) is 48.6 Å². The number of rotatable bonds is 5. The molecule has 6 heterocycles. The molecule has 6 atom stereocenters. The molecule has 0 saturated carbocycles. The summed E-state index contributed by atoms with van der Waals surface area (Å²) in [6.07, 6.45) is -3.93. The lowest BCUT2D eigenvalue weighted by atomic mass is 9.84. The van der Waals surface area contributed by atoms with Crippen molar-refractivity contribution in [2.45, 2.75) is 88.1 Å². The highest BCUT2D eigenvalue weighted by Gasteiger charge is 2.50. The highest BCUT2D eigenvalue weighted by molar-refractivity contribution is 5.58. The fourth-order valence-electron chi connectivity index (χ4n) is 7.98. The van der Waals surface area contributed by atoms with Gasteiger partial charge in [-0.25, -0.2) is 8.78 Å². The van der Waals surface area contributed by atoms with E-state index in [4.69, 9.17) is 25.2 Å². The smallest absolute Gasteiger partial charge is 0.417 e. The average Bonchev–Trinajstić information content (AvgIpc) is 3.56. The number of nitrogens with zero attached hydrogens (tertiary/aromatic N) is 4. The van der Waals surface area contributed by atoms with Crippen molar-refractivity contribution in [3.05, 3.63) is 39.8 Å². The maximum atomic E-state index is 15.4. The Hall–Kier alpha value is -2.77. The maximum absolute atomic E-state index is 15.4. The Bertz CT molecular complexity index is 1410. The average molecular weight is 595 g/mol. The Kier molecular flexibility index (Phi) is 6.59. The van der Waals surface area contributed by atoms with Gasteiger partial charge in [-0.05, 0) is 50.9 Å². The van der Waals surface area contributed by atoms with Crippen LogP contribution >= 0.6 is 0 Å². The van der Waals surface area contributed by atoms with Crippen LogP contribution in [-0.2, 0) is 17.5 Å². The van der Waals surface area contributed by atoms with Crippen LogP contribution in [0.4, 0.5) is 33.5 Å². The number of hydrogen-bond donors (Lipinski definition) is 2. The minimum atomic E-state index is -4.81. The van der Waals surface area contributed by atoms with Crippen LogP contribution in [0.15, 0.2) is 6.07 Å². The van der Waals surface area contributed by atoms with Crippen LogP contribution < -0.4 is 20.7 Å². The summed E-state index contributed by atoms with van der Waals surface area (Å²) in [6.45, 7) is 5.87. The lowest BCUT2D eigenvalue weighted by Gasteiger charge is -2.46. The highest BCUT2D eigenvalue weighted by Crippen LogP contribution is 2.50. The summed E-state index contributed by atoms with van der Waals surface area (Å²) in [4.78, 5) is 13.8. The molecule has 1 aromatic heterocycles. The molecule has 0 bridgehead atoms. The Morgan fingerprint density at radius 3 is 2.83 bits per heavy atom. The standard InChI is InChI=1S/C29H35F5N6O2/c1-14-8-18(35)23(31)21(22(14)29(32,33)34)25-15(2)24-17(12-41-25)26(40-11-19-20(40)4-6-36-19)38-27(37-24)42-13-28-5-3-7-39(28)10-16(30)9-28/h8,15-16,19-20,25,36H,3-7,9-13,35H2,1-2H3/t15-,16+,19-,20-,25-,28-/m0/s1. The zero-order chi connectivity index (χ0) is 29.6. The number of nitrogen functional groups attached to an aromatic ring is 1. The number of halogens is 5. The molecule has 1 aromatic carbocycles. The van der Waals surface area contributed by atoms with E-state index in [1.165, 1.54) is 6.92 Å². The largest absolute Gasteiger partial charge is 0.461 e. The van der Waals surface area contributed by atoms with Crippen molar-refractivity contribution in [2.75, 3.05) is 43.4 Å². The number of aryl methyl sites for hydroxylation is 1. The van der Waals surface area contributed by atoms with Crippen molar-refractivity contribution in [3.8, 4) is 6.01 Å². The number of fused-ring (bicyclic) bond motifs is 3. The molecule has 42 heavy (non-hydrogen) atoms. The van der Waals surface area contributed by atoms with Gasteiger partial charge in [0.25, 0.3) is 0 Å². The quantitative estimate of drug-likeness (QED) is 0.389. The third kappa shape index (κ3) is 4.33. The van der Waals surface area contributed by atoms with Crippen LogP contribution in [0, 0.1) is 12.7 Å². The van der Waals surface area contributed by atoms with Crippen molar-refractivity contribution in [1.29, 1.82) is 0 Å². The van der Waals surface area contributed by atoms with Gasteiger partial charge < -0.3 is 25.4 Å². The third-order valence-corrected chi connectivity index (χ3v) is 9.99. The fourth-order valence-corrected chi connectivity index (χ4v) is 7.98. The van der Waals surface area contributed by atoms with Crippen molar-refractivity contribution >= 4 is 11.5 Å². The number of nitrogens with one attached hydrogen (secondary N) is 1. The van der Waals surface area contributed by atoms with Crippen LogP contribution in [0.2, 0.25) is 0 Å². The first-order chi connectivity index (χ1) is 20.0. The highest BCUT2D eigenvalue weighted by atomic mass is 19.4. The summed E-state index contributed by atoms with van der Waals surface area (Å²) < 4.78 is 84.8. The van der Waals surface area contributed by atoms with Gasteiger partial charge in [0.15, 0.2) is 5.82 Å². The summed E-state index contributed by atoms with van der Waals surface area (Å²) in [5.41, 5.74) is 4.29. The summed E-state index contributed by atoms with van der Waals surface area (Å²) in [5, 5.41) is 3.47. The normalized spacial score (nSPS) is 32.5. The number of anilines is 2. The molecule has 7 rings (SSSR count). The molecule has 5 aliphatic heterocycles. The molecule has 0 amide bonds. The van der Waals surface area contributed by atoms with Gasteiger partial charge >= 0.3 is 12.2 Å². The van der Waals surface area contributed by atoms with Gasteiger partial charge in [-0.2, -0.15) is 23.1 Å². The van der Waals surface area contributed by atoms with E-state index >= 15 is 4.39 Å². The van der Waals surface area contributed by atoms with Gasteiger partial charge in [-0.1, -0.05) is 6.92 Å².